The molecule has 5 atom stereocenters. The van der Waals surface area contributed by atoms with Crippen LogP contribution in [0.3, 0.4) is 0 Å². The van der Waals surface area contributed by atoms with Crippen molar-refractivity contribution >= 4 is 17.3 Å². The lowest BCUT2D eigenvalue weighted by Crippen LogP contribution is -2.78. The number of nitrogens with zero attached hydrogens (tertiary/aromatic N) is 2. The quantitative estimate of drug-likeness (QED) is 0.638. The van der Waals surface area contributed by atoms with Gasteiger partial charge < -0.3 is 30.1 Å². The standard InChI is InChI=1S/C25H27N3O4/c1-27-11-10-24-21-14-6-7-18(29)22(21)32-23(24)17(8-9-25(24,31)19(27)12-14)28-13-20(30)26-15-4-2-3-5-16(15)28/h2-7,17,19,23,29,31H,8-13H2,1H3,(H,26,30)/t17-,19+,23+,24+,25-/m1/s1. The number of carbonyl (C=O) groups is 1. The number of anilines is 2. The van der Waals surface area contributed by atoms with Gasteiger partial charge in [-0.2, -0.15) is 0 Å². The number of hydrogen-bond acceptors (Lipinski definition) is 6. The highest BCUT2D eigenvalue weighted by Gasteiger charge is 2.73. The summed E-state index contributed by atoms with van der Waals surface area (Å²) in [5.41, 5.74) is 2.46. The summed E-state index contributed by atoms with van der Waals surface area (Å²) in [4.78, 5) is 17.1. The van der Waals surface area contributed by atoms with Crippen LogP contribution < -0.4 is 15.0 Å². The number of rotatable bonds is 1. The monoisotopic (exact) mass is 433 g/mol. The van der Waals surface area contributed by atoms with E-state index in [1.165, 1.54) is 5.56 Å². The minimum atomic E-state index is -0.926. The number of amides is 1. The maximum Gasteiger partial charge on any atom is 0.243 e. The molecule has 2 aliphatic carbocycles. The van der Waals surface area contributed by atoms with Gasteiger partial charge in [0.15, 0.2) is 11.5 Å². The Morgan fingerprint density at radius 2 is 2.03 bits per heavy atom. The van der Waals surface area contributed by atoms with Crippen LogP contribution in [0.1, 0.15) is 30.4 Å². The smallest absolute Gasteiger partial charge is 0.243 e. The topological polar surface area (TPSA) is 85.3 Å². The van der Waals surface area contributed by atoms with Gasteiger partial charge in [0.2, 0.25) is 5.91 Å². The predicted molar refractivity (Wildman–Crippen MR) is 119 cm³/mol. The fourth-order valence-corrected chi connectivity index (χ4v) is 7.60. The van der Waals surface area contributed by atoms with E-state index in [-0.39, 0.29) is 36.4 Å². The lowest BCUT2D eigenvalue weighted by atomic mass is 9.48. The second-order valence-electron chi connectivity index (χ2n) is 10.1. The molecule has 3 N–H and O–H groups in total. The number of para-hydroxylation sites is 2. The molecule has 7 rings (SSSR count). The van der Waals surface area contributed by atoms with Crippen molar-refractivity contribution in [3.8, 4) is 11.5 Å². The van der Waals surface area contributed by atoms with Gasteiger partial charge >= 0.3 is 0 Å². The van der Waals surface area contributed by atoms with Crippen LogP contribution in [0.15, 0.2) is 36.4 Å². The van der Waals surface area contributed by atoms with Crippen LogP contribution in [0.25, 0.3) is 0 Å². The van der Waals surface area contributed by atoms with Crippen LogP contribution in [-0.2, 0) is 16.6 Å². The molecule has 1 amide bonds. The summed E-state index contributed by atoms with van der Waals surface area (Å²) in [5.74, 6) is 0.643. The largest absolute Gasteiger partial charge is 0.504 e. The fraction of sp³-hybridized carbons (Fsp3) is 0.480. The van der Waals surface area contributed by atoms with Gasteiger partial charge in [-0.1, -0.05) is 18.2 Å². The van der Waals surface area contributed by atoms with Gasteiger partial charge in [0.05, 0.1) is 35.0 Å². The molecule has 1 saturated heterocycles. The van der Waals surface area contributed by atoms with E-state index in [9.17, 15) is 15.0 Å². The first-order valence-electron chi connectivity index (χ1n) is 11.5. The zero-order valence-corrected chi connectivity index (χ0v) is 18.0. The summed E-state index contributed by atoms with van der Waals surface area (Å²) in [6.45, 7) is 1.12. The van der Waals surface area contributed by atoms with Gasteiger partial charge in [-0.3, -0.25) is 4.79 Å². The molecule has 7 nitrogen and oxygen atoms in total. The minimum Gasteiger partial charge on any atom is -0.504 e. The molecule has 32 heavy (non-hydrogen) atoms. The van der Waals surface area contributed by atoms with Crippen LogP contribution >= 0.6 is 0 Å². The summed E-state index contributed by atoms with van der Waals surface area (Å²) >= 11 is 0. The Hall–Kier alpha value is -2.77. The minimum absolute atomic E-state index is 0.0169. The molecule has 3 heterocycles. The van der Waals surface area contributed by atoms with Crippen molar-refractivity contribution in [3.63, 3.8) is 0 Å². The Bertz CT molecular complexity index is 1170. The molecule has 2 aromatic carbocycles. The zero-order chi connectivity index (χ0) is 21.8. The Kier molecular flexibility index (Phi) is 3.50. The van der Waals surface area contributed by atoms with E-state index in [0.29, 0.717) is 12.2 Å². The van der Waals surface area contributed by atoms with Gasteiger partial charge in [0.1, 0.15) is 6.10 Å². The Morgan fingerprint density at radius 1 is 1.19 bits per heavy atom. The number of benzene rings is 2. The number of aliphatic hydroxyl groups is 1. The molecule has 2 aromatic rings. The third-order valence-corrected chi connectivity index (χ3v) is 8.90. The molecule has 1 saturated carbocycles. The third-order valence-electron chi connectivity index (χ3n) is 8.90. The molecule has 1 spiro atoms. The van der Waals surface area contributed by atoms with E-state index >= 15 is 0 Å². The van der Waals surface area contributed by atoms with Crippen molar-refractivity contribution in [1.29, 1.82) is 0 Å². The lowest BCUT2D eigenvalue weighted by molar-refractivity contribution is -0.184. The molecule has 2 fully saturated rings. The van der Waals surface area contributed by atoms with Crippen molar-refractivity contribution in [1.82, 2.24) is 4.90 Å². The molecular weight excluding hydrogens is 406 g/mol. The Labute approximate surface area is 186 Å². The normalized spacial score (nSPS) is 36.8. The van der Waals surface area contributed by atoms with E-state index in [1.807, 2.05) is 30.3 Å². The first-order chi connectivity index (χ1) is 15.4. The number of piperidine rings is 1. The van der Waals surface area contributed by atoms with Gasteiger partial charge in [-0.25, -0.2) is 0 Å². The summed E-state index contributed by atoms with van der Waals surface area (Å²) in [5, 5.41) is 26.1. The van der Waals surface area contributed by atoms with E-state index in [2.05, 4.69) is 22.2 Å². The molecule has 5 aliphatic rings. The number of likely N-dealkylation sites (tertiary alicyclic amines) is 1. The van der Waals surface area contributed by atoms with Gasteiger partial charge in [-0.05, 0) is 63.0 Å². The van der Waals surface area contributed by atoms with Crippen molar-refractivity contribution in [2.75, 3.05) is 30.4 Å². The summed E-state index contributed by atoms with van der Waals surface area (Å²) in [6.07, 6.45) is 2.55. The molecular formula is C25H27N3O4. The van der Waals surface area contributed by atoms with Crippen LogP contribution in [0.5, 0.6) is 11.5 Å². The number of phenolic OH excluding ortho intramolecular Hbond substituents is 1. The number of carbonyl (C=O) groups excluding carboxylic acids is 1. The number of phenols is 1. The van der Waals surface area contributed by atoms with Crippen LogP contribution in [0.2, 0.25) is 0 Å². The highest BCUT2D eigenvalue weighted by molar-refractivity contribution is 6.01. The Morgan fingerprint density at radius 3 is 2.91 bits per heavy atom. The number of ether oxygens (including phenoxy) is 1. The fourth-order valence-electron chi connectivity index (χ4n) is 7.60. The number of nitrogens with one attached hydrogen (secondary N) is 1. The van der Waals surface area contributed by atoms with Gasteiger partial charge in [0.25, 0.3) is 0 Å². The SMILES string of the molecule is CN1CC[C@]23c4c5ccc(O)c4O[C@H]2[C@H](N2CC(=O)Nc4ccccc42)CC[C@@]3(O)[C@@H]1C5. The number of likely N-dealkylation sites (N-methyl/N-ethyl adjacent to an activating group) is 1. The predicted octanol–water partition coefficient (Wildman–Crippen LogP) is 2.00. The second kappa shape index (κ2) is 5.97. The molecule has 2 bridgehead atoms. The van der Waals surface area contributed by atoms with Crippen LogP contribution in [-0.4, -0.2) is 64.9 Å². The summed E-state index contributed by atoms with van der Waals surface area (Å²) in [7, 11) is 2.10. The van der Waals surface area contributed by atoms with E-state index in [4.69, 9.17) is 4.74 Å². The first kappa shape index (κ1) is 18.8. The highest BCUT2D eigenvalue weighted by atomic mass is 16.5. The van der Waals surface area contributed by atoms with Crippen molar-refractivity contribution in [2.24, 2.45) is 0 Å². The maximum absolute atomic E-state index is 12.6. The Balaban J connectivity index is 1.43. The van der Waals surface area contributed by atoms with Gasteiger partial charge in [-0.15, -0.1) is 0 Å². The third kappa shape index (κ3) is 2.02. The van der Waals surface area contributed by atoms with Gasteiger partial charge in [0, 0.05) is 11.6 Å². The molecule has 0 aromatic heterocycles. The van der Waals surface area contributed by atoms with E-state index in [1.54, 1.807) is 6.07 Å². The highest BCUT2D eigenvalue weighted by Crippen LogP contribution is 2.65. The summed E-state index contributed by atoms with van der Waals surface area (Å²) in [6, 6.07) is 11.5. The number of aromatic hydroxyl groups is 1. The number of fused-ring (bicyclic) bond motifs is 1. The van der Waals surface area contributed by atoms with E-state index in [0.717, 1.165) is 42.7 Å². The van der Waals surface area contributed by atoms with Crippen LogP contribution in [0, 0.1) is 0 Å². The van der Waals surface area contributed by atoms with E-state index < -0.39 is 11.0 Å². The first-order valence-corrected chi connectivity index (χ1v) is 11.5. The lowest BCUT2D eigenvalue weighted by Gasteiger charge is -2.64. The van der Waals surface area contributed by atoms with Crippen LogP contribution in [0.4, 0.5) is 11.4 Å². The molecule has 0 radical (unpaired) electrons. The van der Waals surface area contributed by atoms with Crippen molar-refractivity contribution < 1.29 is 19.7 Å². The number of hydrogen-bond donors (Lipinski definition) is 3. The zero-order valence-electron chi connectivity index (χ0n) is 18.0. The molecule has 7 heteroatoms. The average molecular weight is 434 g/mol. The second-order valence-corrected chi connectivity index (χ2v) is 10.1. The molecule has 166 valence electrons. The van der Waals surface area contributed by atoms with Crippen molar-refractivity contribution in [2.45, 2.75) is 54.9 Å². The van der Waals surface area contributed by atoms with Crippen molar-refractivity contribution in [3.05, 3.63) is 47.5 Å². The average Bonchev–Trinajstić information content (AvgIpc) is 3.13. The maximum atomic E-state index is 12.6. The molecule has 3 aliphatic heterocycles. The summed E-state index contributed by atoms with van der Waals surface area (Å²) < 4.78 is 6.62. The molecule has 0 unspecified atom stereocenters.